The van der Waals surface area contributed by atoms with Crippen molar-refractivity contribution in [2.24, 2.45) is 0 Å². The van der Waals surface area contributed by atoms with E-state index in [1.165, 1.54) is 18.2 Å². The zero-order chi connectivity index (χ0) is 11.1. The Kier molecular flexibility index (Phi) is 4.36. The highest BCUT2D eigenvalue weighted by atomic mass is 19.1. The lowest BCUT2D eigenvalue weighted by Gasteiger charge is -2.06. The van der Waals surface area contributed by atoms with Gasteiger partial charge in [0.15, 0.2) is 0 Å². The van der Waals surface area contributed by atoms with Crippen LogP contribution in [0.15, 0.2) is 30.9 Å². The molecule has 0 aliphatic heterocycles. The quantitative estimate of drug-likeness (QED) is 0.546. The lowest BCUT2D eigenvalue weighted by Crippen LogP contribution is -1.98. The summed E-state index contributed by atoms with van der Waals surface area (Å²) in [5.74, 6) is 0.00736. The number of ether oxygens (including phenoxy) is 1. The molecule has 3 heteroatoms. The zero-order valence-electron chi connectivity index (χ0n) is 8.37. The molecule has 0 unspecified atom stereocenters. The van der Waals surface area contributed by atoms with Gasteiger partial charge in [0.05, 0.1) is 12.2 Å². The van der Waals surface area contributed by atoms with Gasteiger partial charge in [-0.2, -0.15) is 5.26 Å². The van der Waals surface area contributed by atoms with Crippen LogP contribution < -0.4 is 4.74 Å². The molecule has 1 aromatic rings. The fraction of sp³-hybridized carbons (Fsp3) is 0.250. The van der Waals surface area contributed by atoms with E-state index < -0.39 is 5.82 Å². The fourth-order valence-corrected chi connectivity index (χ4v) is 1.13. The molecule has 1 aromatic carbocycles. The molecule has 0 aliphatic carbocycles. The first-order chi connectivity index (χ1) is 7.27. The smallest absolute Gasteiger partial charge is 0.137 e. The summed E-state index contributed by atoms with van der Waals surface area (Å²) in [6, 6.07) is 5.82. The Morgan fingerprint density at radius 1 is 1.53 bits per heavy atom. The number of allylic oxidation sites excluding steroid dienone is 1. The van der Waals surface area contributed by atoms with Crippen molar-refractivity contribution < 1.29 is 9.13 Å². The van der Waals surface area contributed by atoms with Crippen molar-refractivity contribution in [1.29, 1.82) is 5.26 Å². The minimum atomic E-state index is -0.426. The van der Waals surface area contributed by atoms with Crippen molar-refractivity contribution in [1.82, 2.24) is 0 Å². The topological polar surface area (TPSA) is 33.0 Å². The predicted octanol–water partition coefficient (Wildman–Crippen LogP) is 3.04. The highest BCUT2D eigenvalue weighted by molar-refractivity contribution is 5.42. The summed E-state index contributed by atoms with van der Waals surface area (Å²) in [5.41, 5.74) is 0.230. The van der Waals surface area contributed by atoms with Gasteiger partial charge in [-0.05, 0) is 31.0 Å². The van der Waals surface area contributed by atoms with Crippen LogP contribution in [0.5, 0.6) is 5.75 Å². The summed E-state index contributed by atoms with van der Waals surface area (Å²) >= 11 is 0. The van der Waals surface area contributed by atoms with Crippen molar-refractivity contribution in [3.05, 3.63) is 42.2 Å². The van der Waals surface area contributed by atoms with E-state index in [4.69, 9.17) is 10.00 Å². The van der Waals surface area contributed by atoms with E-state index in [0.717, 1.165) is 12.8 Å². The number of hydrogen-bond donors (Lipinski definition) is 0. The van der Waals surface area contributed by atoms with Crippen molar-refractivity contribution in [3.63, 3.8) is 0 Å². The number of rotatable bonds is 5. The molecule has 0 saturated carbocycles. The van der Waals surface area contributed by atoms with Gasteiger partial charge in [-0.1, -0.05) is 6.08 Å². The van der Waals surface area contributed by atoms with Gasteiger partial charge in [0, 0.05) is 0 Å². The molecule has 0 saturated heterocycles. The van der Waals surface area contributed by atoms with Crippen molar-refractivity contribution in [2.75, 3.05) is 6.61 Å². The monoisotopic (exact) mass is 205 g/mol. The Morgan fingerprint density at radius 3 is 3.00 bits per heavy atom. The summed E-state index contributed by atoms with van der Waals surface area (Å²) in [5, 5.41) is 8.73. The third kappa shape index (κ3) is 3.43. The van der Waals surface area contributed by atoms with E-state index in [2.05, 4.69) is 6.58 Å². The molecule has 0 atom stereocenters. The van der Waals surface area contributed by atoms with E-state index in [-0.39, 0.29) is 5.56 Å². The Morgan fingerprint density at radius 2 is 2.33 bits per heavy atom. The van der Waals surface area contributed by atoms with Crippen molar-refractivity contribution >= 4 is 0 Å². The first kappa shape index (κ1) is 11.3. The lowest BCUT2D eigenvalue weighted by molar-refractivity contribution is 0.311. The first-order valence-corrected chi connectivity index (χ1v) is 4.71. The number of nitriles is 1. The molecule has 0 aliphatic rings. The van der Waals surface area contributed by atoms with Gasteiger partial charge < -0.3 is 4.74 Å². The fourth-order valence-electron chi connectivity index (χ4n) is 1.13. The molecule has 15 heavy (non-hydrogen) atoms. The van der Waals surface area contributed by atoms with E-state index in [9.17, 15) is 4.39 Å². The number of halogens is 1. The summed E-state index contributed by atoms with van der Waals surface area (Å²) in [6.07, 6.45) is 3.51. The van der Waals surface area contributed by atoms with Gasteiger partial charge >= 0.3 is 0 Å². The Hall–Kier alpha value is -1.82. The second-order valence-electron chi connectivity index (χ2n) is 3.03. The highest BCUT2D eigenvalue weighted by Crippen LogP contribution is 2.18. The van der Waals surface area contributed by atoms with E-state index in [1.807, 2.05) is 6.07 Å². The number of hydrogen-bond acceptors (Lipinski definition) is 2. The van der Waals surface area contributed by atoms with Crippen molar-refractivity contribution in [3.8, 4) is 11.8 Å². The third-order valence-corrected chi connectivity index (χ3v) is 1.87. The van der Waals surface area contributed by atoms with Crippen LogP contribution in [-0.2, 0) is 0 Å². The maximum absolute atomic E-state index is 12.8. The van der Waals surface area contributed by atoms with Gasteiger partial charge in [0.2, 0.25) is 0 Å². The van der Waals surface area contributed by atoms with Gasteiger partial charge in [0.25, 0.3) is 0 Å². The standard InChI is InChI=1S/C12H12FNO/c1-2-3-4-7-15-12-6-5-11(13)8-10(12)9-14/h2,5-6,8H,1,3-4,7H2. The molecule has 0 spiro atoms. The van der Waals surface area contributed by atoms with Gasteiger partial charge in [-0.15, -0.1) is 6.58 Å². The SMILES string of the molecule is C=CCCCOc1ccc(F)cc1C#N. The van der Waals surface area contributed by atoms with Crippen LogP contribution in [0.3, 0.4) is 0 Å². The summed E-state index contributed by atoms with van der Waals surface area (Å²) in [6.45, 7) is 4.10. The molecule has 0 radical (unpaired) electrons. The second kappa shape index (κ2) is 5.82. The first-order valence-electron chi connectivity index (χ1n) is 4.71. The Bertz CT molecular complexity index is 382. The summed E-state index contributed by atoms with van der Waals surface area (Å²) in [4.78, 5) is 0. The molecule has 0 fully saturated rings. The molecular weight excluding hydrogens is 193 g/mol. The summed E-state index contributed by atoms with van der Waals surface area (Å²) in [7, 11) is 0. The largest absolute Gasteiger partial charge is 0.492 e. The van der Waals surface area contributed by atoms with Crippen LogP contribution in [0.25, 0.3) is 0 Å². The molecule has 0 heterocycles. The van der Waals surface area contributed by atoms with Gasteiger partial charge in [-0.25, -0.2) is 4.39 Å². The van der Waals surface area contributed by atoms with E-state index in [1.54, 1.807) is 6.08 Å². The number of nitrogens with zero attached hydrogens (tertiary/aromatic N) is 1. The molecule has 1 rings (SSSR count). The highest BCUT2D eigenvalue weighted by Gasteiger charge is 2.03. The van der Waals surface area contributed by atoms with Crippen LogP contribution in [0.4, 0.5) is 4.39 Å². The summed E-state index contributed by atoms with van der Waals surface area (Å²) < 4.78 is 18.1. The maximum Gasteiger partial charge on any atom is 0.137 e. The maximum atomic E-state index is 12.8. The average molecular weight is 205 g/mol. The number of benzene rings is 1. The van der Waals surface area contributed by atoms with Gasteiger partial charge in [0.1, 0.15) is 17.6 Å². The van der Waals surface area contributed by atoms with E-state index >= 15 is 0 Å². The molecule has 0 bridgehead atoms. The molecular formula is C12H12FNO. The van der Waals surface area contributed by atoms with Gasteiger partial charge in [-0.3, -0.25) is 0 Å². The normalized spacial score (nSPS) is 9.33. The Balaban J connectivity index is 2.61. The second-order valence-corrected chi connectivity index (χ2v) is 3.03. The van der Waals surface area contributed by atoms with Crippen LogP contribution >= 0.6 is 0 Å². The Labute approximate surface area is 88.6 Å². The molecule has 2 nitrogen and oxygen atoms in total. The van der Waals surface area contributed by atoms with Crippen molar-refractivity contribution in [2.45, 2.75) is 12.8 Å². The molecule has 0 amide bonds. The molecule has 78 valence electrons. The third-order valence-electron chi connectivity index (χ3n) is 1.87. The molecule has 0 aromatic heterocycles. The minimum Gasteiger partial charge on any atom is -0.492 e. The van der Waals surface area contributed by atoms with Crippen LogP contribution in [-0.4, -0.2) is 6.61 Å². The predicted molar refractivity (Wildman–Crippen MR) is 56.0 cm³/mol. The molecule has 0 N–H and O–H groups in total. The minimum absolute atomic E-state index is 0.230. The number of unbranched alkanes of at least 4 members (excludes halogenated alkanes) is 1. The van der Waals surface area contributed by atoms with E-state index in [0.29, 0.717) is 12.4 Å². The lowest BCUT2D eigenvalue weighted by atomic mass is 10.2. The van der Waals surface area contributed by atoms with Crippen LogP contribution in [0.2, 0.25) is 0 Å². The average Bonchev–Trinajstić information content (AvgIpc) is 2.26. The van der Waals surface area contributed by atoms with Crippen LogP contribution in [0, 0.1) is 17.1 Å². The van der Waals surface area contributed by atoms with Crippen LogP contribution in [0.1, 0.15) is 18.4 Å². The zero-order valence-corrected chi connectivity index (χ0v) is 8.37.